The summed E-state index contributed by atoms with van der Waals surface area (Å²) in [6.07, 6.45) is 3.43. The number of likely N-dealkylation sites (tertiary alicyclic amines) is 1. The molecule has 0 spiro atoms. The summed E-state index contributed by atoms with van der Waals surface area (Å²) in [4.78, 5) is 15.5. The smallest absolute Gasteiger partial charge is 0.233 e. The van der Waals surface area contributed by atoms with Gasteiger partial charge in [-0.2, -0.15) is 0 Å². The van der Waals surface area contributed by atoms with Crippen molar-refractivity contribution >= 4 is 17.5 Å². The van der Waals surface area contributed by atoms with E-state index in [1.165, 1.54) is 0 Å². The Morgan fingerprint density at radius 1 is 1.33 bits per heavy atom. The zero-order chi connectivity index (χ0) is 17.2. The Labute approximate surface area is 149 Å². The van der Waals surface area contributed by atoms with Crippen LogP contribution in [0.25, 0.3) is 0 Å². The minimum absolute atomic E-state index is 0.201. The molecule has 1 aromatic rings. The first-order valence-corrected chi connectivity index (χ1v) is 9.29. The Morgan fingerprint density at radius 2 is 2.00 bits per heavy atom. The largest absolute Gasteiger partial charge is 0.381 e. The summed E-state index contributed by atoms with van der Waals surface area (Å²) in [5, 5.41) is 0.682. The summed E-state index contributed by atoms with van der Waals surface area (Å²) in [7, 11) is 0. The molecule has 0 saturated carbocycles. The molecule has 1 atom stereocenters. The first kappa shape index (κ1) is 17.7. The number of piperidine rings is 1. The van der Waals surface area contributed by atoms with E-state index in [0.717, 1.165) is 44.3 Å². The van der Waals surface area contributed by atoms with Gasteiger partial charge >= 0.3 is 0 Å². The number of amides is 1. The second-order valence-electron chi connectivity index (χ2n) is 7.19. The van der Waals surface area contributed by atoms with Crippen LogP contribution in [0, 0.1) is 5.92 Å². The van der Waals surface area contributed by atoms with Crippen molar-refractivity contribution in [3.05, 3.63) is 34.9 Å². The van der Waals surface area contributed by atoms with Crippen molar-refractivity contribution in [1.82, 2.24) is 4.90 Å². The molecule has 2 fully saturated rings. The van der Waals surface area contributed by atoms with Crippen molar-refractivity contribution in [2.45, 2.75) is 44.1 Å². The van der Waals surface area contributed by atoms with Crippen molar-refractivity contribution in [1.29, 1.82) is 0 Å². The highest BCUT2D eigenvalue weighted by molar-refractivity contribution is 6.30. The van der Waals surface area contributed by atoms with E-state index in [-0.39, 0.29) is 11.9 Å². The third kappa shape index (κ3) is 3.46. The Kier molecular flexibility index (Phi) is 5.48. The summed E-state index contributed by atoms with van der Waals surface area (Å²) in [5.41, 5.74) is 6.56. The number of ether oxygens (including phenoxy) is 1. The van der Waals surface area contributed by atoms with E-state index < -0.39 is 5.41 Å². The highest BCUT2D eigenvalue weighted by atomic mass is 35.5. The molecule has 0 radical (unpaired) electrons. The number of nitrogens with two attached hydrogens (primary N) is 1. The molecule has 0 aliphatic carbocycles. The Morgan fingerprint density at radius 3 is 2.58 bits per heavy atom. The average Bonchev–Trinajstić information content (AvgIpc) is 2.62. The molecule has 0 aromatic heterocycles. The molecule has 1 amide bonds. The van der Waals surface area contributed by atoms with Gasteiger partial charge in [-0.05, 0) is 56.2 Å². The summed E-state index contributed by atoms with van der Waals surface area (Å²) >= 11 is 6.20. The number of benzene rings is 1. The fourth-order valence-corrected chi connectivity index (χ4v) is 4.25. The van der Waals surface area contributed by atoms with Crippen molar-refractivity contribution in [2.24, 2.45) is 11.7 Å². The van der Waals surface area contributed by atoms with Gasteiger partial charge in [0.2, 0.25) is 5.91 Å². The highest BCUT2D eigenvalue weighted by Gasteiger charge is 2.44. The van der Waals surface area contributed by atoms with Gasteiger partial charge in [-0.25, -0.2) is 0 Å². The minimum Gasteiger partial charge on any atom is -0.381 e. The molecule has 2 aliphatic rings. The lowest BCUT2D eigenvalue weighted by Crippen LogP contribution is -2.52. The van der Waals surface area contributed by atoms with Crippen LogP contribution in [0.4, 0.5) is 0 Å². The monoisotopic (exact) mass is 350 g/mol. The van der Waals surface area contributed by atoms with E-state index in [2.05, 4.69) is 6.92 Å². The highest BCUT2D eigenvalue weighted by Crippen LogP contribution is 2.38. The van der Waals surface area contributed by atoms with Gasteiger partial charge < -0.3 is 15.4 Å². The molecule has 24 heavy (non-hydrogen) atoms. The zero-order valence-corrected chi connectivity index (χ0v) is 15.1. The van der Waals surface area contributed by atoms with Gasteiger partial charge in [0, 0.05) is 37.4 Å². The summed E-state index contributed by atoms with van der Waals surface area (Å²) in [5.74, 6) is 0.752. The number of nitrogens with zero attached hydrogens (tertiary/aromatic N) is 1. The summed E-state index contributed by atoms with van der Waals surface area (Å²) in [6, 6.07) is 7.97. The molecule has 2 saturated heterocycles. The van der Waals surface area contributed by atoms with Gasteiger partial charge in [-0.1, -0.05) is 23.7 Å². The van der Waals surface area contributed by atoms with Crippen molar-refractivity contribution < 1.29 is 9.53 Å². The van der Waals surface area contributed by atoms with Crippen molar-refractivity contribution in [3.63, 3.8) is 0 Å². The fourth-order valence-electron chi connectivity index (χ4n) is 4.06. The number of hydrogen-bond donors (Lipinski definition) is 1. The SMILES string of the molecule is CC(N)C1CCN(C(=O)C2(c3cccc(Cl)c3)CCOCC2)CC1. The molecular formula is C19H27ClN2O2. The van der Waals surface area contributed by atoms with Crippen LogP contribution in [-0.4, -0.2) is 43.2 Å². The molecule has 1 aromatic carbocycles. The number of carbonyl (C=O) groups excluding carboxylic acids is 1. The van der Waals surface area contributed by atoms with Gasteiger partial charge in [0.1, 0.15) is 0 Å². The number of carbonyl (C=O) groups is 1. The van der Waals surface area contributed by atoms with Gasteiger partial charge in [0.25, 0.3) is 0 Å². The lowest BCUT2D eigenvalue weighted by Gasteiger charge is -2.43. The minimum atomic E-state index is -0.496. The zero-order valence-electron chi connectivity index (χ0n) is 14.3. The average molecular weight is 351 g/mol. The fraction of sp³-hybridized carbons (Fsp3) is 0.632. The van der Waals surface area contributed by atoms with Crippen LogP contribution in [0.5, 0.6) is 0 Å². The van der Waals surface area contributed by atoms with Gasteiger partial charge in [0.05, 0.1) is 5.41 Å². The van der Waals surface area contributed by atoms with E-state index in [4.69, 9.17) is 22.1 Å². The number of halogens is 1. The number of rotatable bonds is 3. The molecule has 0 bridgehead atoms. The van der Waals surface area contributed by atoms with Crippen LogP contribution < -0.4 is 5.73 Å². The maximum atomic E-state index is 13.5. The van der Waals surface area contributed by atoms with Crippen LogP contribution in [-0.2, 0) is 14.9 Å². The van der Waals surface area contributed by atoms with Crippen LogP contribution in [0.1, 0.15) is 38.2 Å². The molecule has 2 N–H and O–H groups in total. The Bertz CT molecular complexity index is 576. The van der Waals surface area contributed by atoms with E-state index >= 15 is 0 Å². The second-order valence-corrected chi connectivity index (χ2v) is 7.63. The van der Waals surface area contributed by atoms with E-state index in [1.807, 2.05) is 29.2 Å². The maximum Gasteiger partial charge on any atom is 0.233 e. The normalized spacial score (nSPS) is 23.0. The van der Waals surface area contributed by atoms with Crippen molar-refractivity contribution in [2.75, 3.05) is 26.3 Å². The Balaban J connectivity index is 1.83. The third-order valence-corrected chi connectivity index (χ3v) is 5.94. The second kappa shape index (κ2) is 7.42. The Hall–Kier alpha value is -1.10. The molecular weight excluding hydrogens is 324 g/mol. The number of hydrogen-bond acceptors (Lipinski definition) is 3. The lowest BCUT2D eigenvalue weighted by atomic mass is 9.72. The van der Waals surface area contributed by atoms with Crippen LogP contribution in [0.15, 0.2) is 24.3 Å². The first-order valence-electron chi connectivity index (χ1n) is 8.92. The van der Waals surface area contributed by atoms with E-state index in [0.29, 0.717) is 24.2 Å². The quantitative estimate of drug-likeness (QED) is 0.911. The molecule has 132 valence electrons. The lowest BCUT2D eigenvalue weighted by molar-refractivity contribution is -0.142. The van der Waals surface area contributed by atoms with Crippen molar-refractivity contribution in [3.8, 4) is 0 Å². The molecule has 1 unspecified atom stereocenters. The van der Waals surface area contributed by atoms with E-state index in [9.17, 15) is 4.79 Å². The van der Waals surface area contributed by atoms with Crippen LogP contribution in [0.2, 0.25) is 5.02 Å². The third-order valence-electron chi connectivity index (χ3n) is 5.70. The van der Waals surface area contributed by atoms with E-state index in [1.54, 1.807) is 0 Å². The predicted molar refractivity (Wildman–Crippen MR) is 96.1 cm³/mol. The molecule has 3 rings (SSSR count). The molecule has 5 heteroatoms. The first-order chi connectivity index (χ1) is 11.5. The van der Waals surface area contributed by atoms with Crippen LogP contribution >= 0.6 is 11.6 Å². The molecule has 2 aliphatic heterocycles. The van der Waals surface area contributed by atoms with Crippen LogP contribution in [0.3, 0.4) is 0 Å². The summed E-state index contributed by atoms with van der Waals surface area (Å²) in [6.45, 7) is 4.90. The van der Waals surface area contributed by atoms with Gasteiger partial charge in [-0.15, -0.1) is 0 Å². The maximum absolute atomic E-state index is 13.5. The topological polar surface area (TPSA) is 55.6 Å². The van der Waals surface area contributed by atoms with Gasteiger partial charge in [0.15, 0.2) is 0 Å². The summed E-state index contributed by atoms with van der Waals surface area (Å²) < 4.78 is 5.54. The molecule has 4 nitrogen and oxygen atoms in total. The molecule has 2 heterocycles. The predicted octanol–water partition coefficient (Wildman–Crippen LogP) is 2.97. The standard InChI is InChI=1S/C19H27ClN2O2/c1-14(21)15-5-9-22(10-6-15)18(23)19(7-11-24-12-8-19)16-3-2-4-17(20)13-16/h2-4,13-15H,5-12,21H2,1H3. The van der Waals surface area contributed by atoms with Gasteiger partial charge in [-0.3, -0.25) is 4.79 Å².